The number of carbonyl (C=O) groups excluding carboxylic acids is 1. The van der Waals surface area contributed by atoms with Crippen LogP contribution in [0.15, 0.2) is 64.3 Å². The highest BCUT2D eigenvalue weighted by Crippen LogP contribution is 2.25. The number of amides is 1. The number of phenolic OH excluding ortho intramolecular Hbond substituents is 1. The second-order valence-electron chi connectivity index (χ2n) is 5.66. The predicted molar refractivity (Wildman–Crippen MR) is 105 cm³/mol. The van der Waals surface area contributed by atoms with Gasteiger partial charge in [0.25, 0.3) is 5.91 Å². The van der Waals surface area contributed by atoms with Crippen LogP contribution in [-0.4, -0.2) is 34.1 Å². The van der Waals surface area contributed by atoms with Gasteiger partial charge >= 0.3 is 0 Å². The number of benzene rings is 2. The fourth-order valence-corrected chi connectivity index (χ4v) is 2.84. The van der Waals surface area contributed by atoms with E-state index >= 15 is 0 Å². The number of hydrogen-bond donors (Lipinski definition) is 2. The highest BCUT2D eigenvalue weighted by Gasteiger charge is 2.09. The van der Waals surface area contributed by atoms with Crippen molar-refractivity contribution in [3.63, 3.8) is 0 Å². The molecule has 0 saturated carbocycles. The third-order valence-electron chi connectivity index (χ3n) is 3.69. The summed E-state index contributed by atoms with van der Waals surface area (Å²) in [6, 6.07) is 14.3. The summed E-state index contributed by atoms with van der Waals surface area (Å²) in [6.45, 7) is 0.559. The molecule has 138 valence electrons. The monoisotopic (exact) mass is 428 g/mol. The molecule has 0 fully saturated rings. The Hall–Kier alpha value is -3.13. The van der Waals surface area contributed by atoms with E-state index in [0.29, 0.717) is 17.9 Å². The van der Waals surface area contributed by atoms with Crippen molar-refractivity contribution in [2.45, 2.75) is 6.54 Å². The first-order valence-electron chi connectivity index (χ1n) is 8.03. The van der Waals surface area contributed by atoms with Gasteiger partial charge in [-0.05, 0) is 47.5 Å². The summed E-state index contributed by atoms with van der Waals surface area (Å²) in [5.74, 6) is -0.0452. The van der Waals surface area contributed by atoms with E-state index in [1.165, 1.54) is 19.4 Å². The van der Waals surface area contributed by atoms with Gasteiger partial charge in [-0.1, -0.05) is 28.1 Å². The summed E-state index contributed by atoms with van der Waals surface area (Å²) < 4.78 is 7.70. The summed E-state index contributed by atoms with van der Waals surface area (Å²) in [4.78, 5) is 12.2. The van der Waals surface area contributed by atoms with Crippen LogP contribution in [0.25, 0.3) is 0 Å². The number of aromatic nitrogens is 2. The Morgan fingerprint density at radius 1 is 1.33 bits per heavy atom. The number of hydrogen-bond acceptors (Lipinski definition) is 5. The predicted octanol–water partition coefficient (Wildman–Crippen LogP) is 3.17. The molecule has 7 nitrogen and oxygen atoms in total. The largest absolute Gasteiger partial charge is 0.504 e. The van der Waals surface area contributed by atoms with Gasteiger partial charge in [-0.3, -0.25) is 9.48 Å². The molecule has 0 saturated heterocycles. The first-order chi connectivity index (χ1) is 13.0. The fraction of sp³-hybridized carbons (Fsp3) is 0.105. The second-order valence-corrected chi connectivity index (χ2v) is 6.57. The van der Waals surface area contributed by atoms with E-state index in [9.17, 15) is 9.90 Å². The van der Waals surface area contributed by atoms with Crippen molar-refractivity contribution in [2.75, 3.05) is 7.11 Å². The van der Waals surface area contributed by atoms with Gasteiger partial charge in [0.05, 0.1) is 19.9 Å². The molecule has 2 N–H and O–H groups in total. The molecule has 0 aliphatic heterocycles. The van der Waals surface area contributed by atoms with E-state index in [-0.39, 0.29) is 11.4 Å². The number of rotatable bonds is 6. The minimum absolute atomic E-state index is 0.0367. The summed E-state index contributed by atoms with van der Waals surface area (Å²) in [7, 11) is 1.46. The molecule has 0 radical (unpaired) electrons. The fourth-order valence-electron chi connectivity index (χ4n) is 2.39. The maximum absolute atomic E-state index is 12.2. The molecule has 0 unspecified atom stereocenters. The van der Waals surface area contributed by atoms with E-state index in [4.69, 9.17) is 4.74 Å². The maximum atomic E-state index is 12.2. The highest BCUT2D eigenvalue weighted by molar-refractivity contribution is 9.10. The van der Waals surface area contributed by atoms with Crippen molar-refractivity contribution < 1.29 is 14.6 Å². The van der Waals surface area contributed by atoms with Crippen LogP contribution < -0.4 is 10.2 Å². The maximum Gasteiger partial charge on any atom is 0.291 e. The first kappa shape index (κ1) is 18.7. The molecular formula is C19H17BrN4O3. The average Bonchev–Trinajstić information content (AvgIpc) is 3.11. The summed E-state index contributed by atoms with van der Waals surface area (Å²) >= 11 is 3.43. The zero-order valence-corrected chi connectivity index (χ0v) is 16.0. The van der Waals surface area contributed by atoms with E-state index in [1.807, 2.05) is 24.3 Å². The molecule has 27 heavy (non-hydrogen) atoms. The molecule has 0 bridgehead atoms. The van der Waals surface area contributed by atoms with Gasteiger partial charge in [0.2, 0.25) is 0 Å². The van der Waals surface area contributed by atoms with E-state index < -0.39 is 5.91 Å². The summed E-state index contributed by atoms with van der Waals surface area (Å²) in [5, 5.41) is 17.7. The van der Waals surface area contributed by atoms with Crippen LogP contribution >= 0.6 is 15.9 Å². The number of halogens is 1. The lowest BCUT2D eigenvalue weighted by Gasteiger charge is -2.03. The third kappa shape index (κ3) is 4.95. The number of carbonyl (C=O) groups is 1. The van der Waals surface area contributed by atoms with Crippen LogP contribution in [0.4, 0.5) is 0 Å². The molecule has 1 aromatic heterocycles. The Balaban J connectivity index is 1.61. The Morgan fingerprint density at radius 2 is 2.19 bits per heavy atom. The second kappa shape index (κ2) is 8.50. The quantitative estimate of drug-likeness (QED) is 0.466. The zero-order valence-electron chi connectivity index (χ0n) is 14.5. The number of nitrogens with zero attached hydrogens (tertiary/aromatic N) is 3. The van der Waals surface area contributed by atoms with Crippen LogP contribution in [0.5, 0.6) is 11.5 Å². The van der Waals surface area contributed by atoms with Crippen LogP contribution in [0.1, 0.15) is 21.6 Å². The Morgan fingerprint density at radius 3 is 2.96 bits per heavy atom. The molecule has 1 heterocycles. The number of hydrazone groups is 1. The van der Waals surface area contributed by atoms with Crippen molar-refractivity contribution in [1.29, 1.82) is 0 Å². The van der Waals surface area contributed by atoms with Gasteiger partial charge in [0, 0.05) is 10.7 Å². The van der Waals surface area contributed by atoms with Gasteiger partial charge in [0.15, 0.2) is 17.2 Å². The zero-order chi connectivity index (χ0) is 19.2. The Labute approximate surface area is 164 Å². The van der Waals surface area contributed by atoms with Gasteiger partial charge in [-0.2, -0.15) is 10.2 Å². The van der Waals surface area contributed by atoms with Gasteiger partial charge in [-0.15, -0.1) is 0 Å². The number of ether oxygens (including phenoxy) is 1. The number of phenols is 1. The van der Waals surface area contributed by atoms with Crippen molar-refractivity contribution in [1.82, 2.24) is 15.2 Å². The lowest BCUT2D eigenvalue weighted by molar-refractivity contribution is 0.0949. The van der Waals surface area contributed by atoms with Gasteiger partial charge in [-0.25, -0.2) is 5.43 Å². The van der Waals surface area contributed by atoms with Crippen LogP contribution in [-0.2, 0) is 6.54 Å². The topological polar surface area (TPSA) is 88.7 Å². The summed E-state index contributed by atoms with van der Waals surface area (Å²) in [5.41, 5.74) is 4.44. The molecule has 3 rings (SSSR count). The van der Waals surface area contributed by atoms with Crippen LogP contribution in [0, 0.1) is 0 Å². The smallest absolute Gasteiger partial charge is 0.291 e. The van der Waals surface area contributed by atoms with Crippen molar-refractivity contribution >= 4 is 28.1 Å². The number of methoxy groups -OCH3 is 1. The molecule has 0 aliphatic carbocycles. The van der Waals surface area contributed by atoms with E-state index in [1.54, 1.807) is 29.1 Å². The average molecular weight is 429 g/mol. The molecular weight excluding hydrogens is 412 g/mol. The standard InChI is InChI=1S/C19H17BrN4O3/c1-27-18-10-13(5-6-17(18)25)11-21-22-19(26)16-7-8-24(23-16)12-14-3-2-4-15(20)9-14/h2-11,25H,12H2,1H3,(H,22,26)/b21-11+. The van der Waals surface area contributed by atoms with E-state index in [0.717, 1.165) is 10.0 Å². The minimum Gasteiger partial charge on any atom is -0.504 e. The molecule has 8 heteroatoms. The molecule has 0 aliphatic rings. The molecule has 3 aromatic rings. The van der Waals surface area contributed by atoms with Crippen LogP contribution in [0.2, 0.25) is 0 Å². The normalized spacial score (nSPS) is 10.9. The number of nitrogens with one attached hydrogen (secondary N) is 1. The lowest BCUT2D eigenvalue weighted by Crippen LogP contribution is -2.18. The first-order valence-corrected chi connectivity index (χ1v) is 8.83. The van der Waals surface area contributed by atoms with Gasteiger partial charge in [0.1, 0.15) is 0 Å². The third-order valence-corrected chi connectivity index (χ3v) is 4.18. The highest BCUT2D eigenvalue weighted by atomic mass is 79.9. The molecule has 0 spiro atoms. The summed E-state index contributed by atoms with van der Waals surface area (Å²) in [6.07, 6.45) is 3.20. The van der Waals surface area contributed by atoms with Crippen molar-refractivity contribution in [2.24, 2.45) is 5.10 Å². The molecule has 2 aromatic carbocycles. The number of aromatic hydroxyl groups is 1. The van der Waals surface area contributed by atoms with Crippen molar-refractivity contribution in [3.05, 3.63) is 76.0 Å². The molecule has 1 amide bonds. The Bertz CT molecular complexity index is 985. The lowest BCUT2D eigenvalue weighted by atomic mass is 10.2. The minimum atomic E-state index is -0.412. The van der Waals surface area contributed by atoms with Gasteiger partial charge < -0.3 is 9.84 Å². The molecule has 0 atom stereocenters. The van der Waals surface area contributed by atoms with E-state index in [2.05, 4.69) is 31.6 Å². The SMILES string of the molecule is COc1cc(/C=N/NC(=O)c2ccn(Cc3cccc(Br)c3)n2)ccc1O. The van der Waals surface area contributed by atoms with Crippen molar-refractivity contribution in [3.8, 4) is 11.5 Å². The van der Waals surface area contributed by atoms with Crippen LogP contribution in [0.3, 0.4) is 0 Å². The Kier molecular flexibility index (Phi) is 5.87.